The summed E-state index contributed by atoms with van der Waals surface area (Å²) in [7, 11) is 1.65. The van der Waals surface area contributed by atoms with Crippen molar-refractivity contribution < 1.29 is 4.74 Å². The molecule has 3 heteroatoms. The third-order valence-electron chi connectivity index (χ3n) is 3.43. The van der Waals surface area contributed by atoms with Crippen molar-refractivity contribution in [3.8, 4) is 16.9 Å². The highest BCUT2D eigenvalue weighted by molar-refractivity contribution is 6.31. The number of benzene rings is 3. The first-order chi connectivity index (χ1) is 10.8. The van der Waals surface area contributed by atoms with Crippen LogP contribution in [0.3, 0.4) is 0 Å². The SMILES string of the molecule is COc1ccc(Cl)cc1Nc1ccc(-c2ccccc2)cc1. The summed E-state index contributed by atoms with van der Waals surface area (Å²) in [6.45, 7) is 0. The summed E-state index contributed by atoms with van der Waals surface area (Å²) >= 11 is 6.05. The molecule has 110 valence electrons. The lowest BCUT2D eigenvalue weighted by atomic mass is 10.1. The minimum Gasteiger partial charge on any atom is -0.495 e. The van der Waals surface area contributed by atoms with Crippen LogP contribution in [0.25, 0.3) is 11.1 Å². The van der Waals surface area contributed by atoms with Crippen LogP contribution >= 0.6 is 11.6 Å². The van der Waals surface area contributed by atoms with Crippen LogP contribution in [0.1, 0.15) is 0 Å². The van der Waals surface area contributed by atoms with Gasteiger partial charge in [0.15, 0.2) is 0 Å². The molecule has 0 bridgehead atoms. The van der Waals surface area contributed by atoms with Gasteiger partial charge < -0.3 is 10.1 Å². The van der Waals surface area contributed by atoms with E-state index < -0.39 is 0 Å². The van der Waals surface area contributed by atoms with Gasteiger partial charge in [0, 0.05) is 10.7 Å². The fourth-order valence-corrected chi connectivity index (χ4v) is 2.48. The molecule has 0 atom stereocenters. The largest absolute Gasteiger partial charge is 0.495 e. The molecule has 0 saturated carbocycles. The van der Waals surface area contributed by atoms with Gasteiger partial charge in [-0.1, -0.05) is 54.1 Å². The van der Waals surface area contributed by atoms with Gasteiger partial charge in [0.05, 0.1) is 12.8 Å². The van der Waals surface area contributed by atoms with Crippen molar-refractivity contribution >= 4 is 23.0 Å². The molecule has 0 aromatic heterocycles. The van der Waals surface area contributed by atoms with Crippen molar-refractivity contribution in [3.63, 3.8) is 0 Å². The number of hydrogen-bond donors (Lipinski definition) is 1. The zero-order valence-electron chi connectivity index (χ0n) is 12.2. The second-order valence-electron chi connectivity index (χ2n) is 4.91. The molecule has 0 amide bonds. The Balaban J connectivity index is 1.84. The van der Waals surface area contributed by atoms with E-state index in [0.29, 0.717) is 5.02 Å². The average molecular weight is 310 g/mol. The summed E-state index contributed by atoms with van der Waals surface area (Å²) in [6.07, 6.45) is 0. The van der Waals surface area contributed by atoms with Crippen LogP contribution in [0.15, 0.2) is 72.8 Å². The predicted octanol–water partition coefficient (Wildman–Crippen LogP) is 5.76. The summed E-state index contributed by atoms with van der Waals surface area (Å²) in [6, 6.07) is 24.1. The molecule has 0 heterocycles. The van der Waals surface area contributed by atoms with Gasteiger partial charge in [-0.25, -0.2) is 0 Å². The third kappa shape index (κ3) is 3.23. The zero-order valence-corrected chi connectivity index (χ0v) is 13.0. The summed E-state index contributed by atoms with van der Waals surface area (Å²) in [4.78, 5) is 0. The van der Waals surface area contributed by atoms with Gasteiger partial charge in [0.2, 0.25) is 0 Å². The molecule has 0 fully saturated rings. The number of rotatable bonds is 4. The van der Waals surface area contributed by atoms with Crippen molar-refractivity contribution in [1.29, 1.82) is 0 Å². The Morgan fingerprint density at radius 2 is 1.50 bits per heavy atom. The van der Waals surface area contributed by atoms with E-state index in [1.807, 2.05) is 48.5 Å². The molecule has 0 aliphatic carbocycles. The Kier molecular flexibility index (Phi) is 4.31. The normalized spacial score (nSPS) is 10.3. The minimum absolute atomic E-state index is 0.671. The molecule has 0 radical (unpaired) electrons. The first-order valence-electron chi connectivity index (χ1n) is 7.02. The van der Waals surface area contributed by atoms with E-state index in [1.165, 1.54) is 11.1 Å². The van der Waals surface area contributed by atoms with Crippen LogP contribution in [-0.4, -0.2) is 7.11 Å². The molecule has 0 spiro atoms. The van der Waals surface area contributed by atoms with Gasteiger partial charge >= 0.3 is 0 Å². The van der Waals surface area contributed by atoms with Crippen molar-refractivity contribution in [2.75, 3.05) is 12.4 Å². The van der Waals surface area contributed by atoms with E-state index >= 15 is 0 Å². The molecule has 2 nitrogen and oxygen atoms in total. The molecule has 3 aromatic rings. The van der Waals surface area contributed by atoms with Gasteiger partial charge in [-0.15, -0.1) is 0 Å². The molecule has 3 rings (SSSR count). The molecule has 22 heavy (non-hydrogen) atoms. The molecular formula is C19H16ClNO. The van der Waals surface area contributed by atoms with E-state index in [9.17, 15) is 0 Å². The highest BCUT2D eigenvalue weighted by Gasteiger charge is 2.04. The number of hydrogen-bond acceptors (Lipinski definition) is 2. The van der Waals surface area contributed by atoms with Gasteiger partial charge in [0.1, 0.15) is 5.75 Å². The number of methoxy groups -OCH3 is 1. The molecule has 0 aliphatic heterocycles. The minimum atomic E-state index is 0.671. The first kappa shape index (κ1) is 14.5. The van der Waals surface area contributed by atoms with E-state index in [2.05, 4.69) is 29.6 Å². The predicted molar refractivity (Wildman–Crippen MR) is 93.2 cm³/mol. The number of nitrogens with one attached hydrogen (secondary N) is 1. The lowest BCUT2D eigenvalue weighted by Crippen LogP contribution is -1.94. The third-order valence-corrected chi connectivity index (χ3v) is 3.67. The van der Waals surface area contributed by atoms with Crippen molar-refractivity contribution in [2.45, 2.75) is 0 Å². The van der Waals surface area contributed by atoms with Crippen LogP contribution in [0.5, 0.6) is 5.75 Å². The summed E-state index contributed by atoms with van der Waals surface area (Å²) in [5.74, 6) is 0.761. The van der Waals surface area contributed by atoms with Crippen LogP contribution in [0.2, 0.25) is 5.02 Å². The second kappa shape index (κ2) is 6.54. The van der Waals surface area contributed by atoms with Crippen molar-refractivity contribution in [3.05, 3.63) is 77.8 Å². The summed E-state index contributed by atoms with van der Waals surface area (Å²) in [5.41, 5.74) is 4.22. The van der Waals surface area contributed by atoms with E-state index in [0.717, 1.165) is 17.1 Å². The highest BCUT2D eigenvalue weighted by Crippen LogP contribution is 2.31. The van der Waals surface area contributed by atoms with Crippen LogP contribution in [-0.2, 0) is 0 Å². The smallest absolute Gasteiger partial charge is 0.142 e. The molecule has 0 saturated heterocycles. The van der Waals surface area contributed by atoms with Gasteiger partial charge in [0.25, 0.3) is 0 Å². The zero-order chi connectivity index (χ0) is 15.4. The van der Waals surface area contributed by atoms with Crippen LogP contribution in [0, 0.1) is 0 Å². The number of ether oxygens (including phenoxy) is 1. The Morgan fingerprint density at radius 1 is 0.818 bits per heavy atom. The monoisotopic (exact) mass is 309 g/mol. The number of anilines is 2. The molecule has 0 unspecified atom stereocenters. The molecular weight excluding hydrogens is 294 g/mol. The van der Waals surface area contributed by atoms with Gasteiger partial charge in [-0.05, 0) is 41.5 Å². The van der Waals surface area contributed by atoms with Crippen LogP contribution in [0.4, 0.5) is 11.4 Å². The fourth-order valence-electron chi connectivity index (χ4n) is 2.31. The lowest BCUT2D eigenvalue weighted by Gasteiger charge is -2.12. The Bertz CT molecular complexity index is 754. The molecule has 1 N–H and O–H groups in total. The topological polar surface area (TPSA) is 21.3 Å². The Morgan fingerprint density at radius 3 is 2.18 bits per heavy atom. The summed E-state index contributed by atoms with van der Waals surface area (Å²) in [5, 5.41) is 4.00. The molecule has 0 aliphatic rings. The Hall–Kier alpha value is -2.45. The van der Waals surface area contributed by atoms with Gasteiger partial charge in [-0.2, -0.15) is 0 Å². The standard InChI is InChI=1S/C19H16ClNO/c1-22-19-12-9-16(20)13-18(19)21-17-10-7-15(8-11-17)14-5-3-2-4-6-14/h2-13,21H,1H3. The fraction of sp³-hybridized carbons (Fsp3) is 0.0526. The van der Waals surface area contributed by atoms with E-state index in [-0.39, 0.29) is 0 Å². The van der Waals surface area contributed by atoms with E-state index in [1.54, 1.807) is 7.11 Å². The summed E-state index contributed by atoms with van der Waals surface area (Å²) < 4.78 is 5.34. The maximum atomic E-state index is 6.05. The average Bonchev–Trinajstić information content (AvgIpc) is 2.57. The highest BCUT2D eigenvalue weighted by atomic mass is 35.5. The van der Waals surface area contributed by atoms with Crippen LogP contribution < -0.4 is 10.1 Å². The molecule has 3 aromatic carbocycles. The quantitative estimate of drug-likeness (QED) is 0.661. The number of halogens is 1. The maximum absolute atomic E-state index is 6.05. The second-order valence-corrected chi connectivity index (χ2v) is 5.35. The Labute approximate surface area is 135 Å². The first-order valence-corrected chi connectivity index (χ1v) is 7.40. The van der Waals surface area contributed by atoms with Crippen molar-refractivity contribution in [2.24, 2.45) is 0 Å². The van der Waals surface area contributed by atoms with Crippen molar-refractivity contribution in [1.82, 2.24) is 0 Å². The lowest BCUT2D eigenvalue weighted by molar-refractivity contribution is 0.417. The van der Waals surface area contributed by atoms with E-state index in [4.69, 9.17) is 16.3 Å². The van der Waals surface area contributed by atoms with Gasteiger partial charge in [-0.3, -0.25) is 0 Å². The maximum Gasteiger partial charge on any atom is 0.142 e.